The van der Waals surface area contributed by atoms with Crippen molar-refractivity contribution in [1.29, 1.82) is 15.8 Å². The smallest absolute Gasteiger partial charge is 0.0992 e. The van der Waals surface area contributed by atoms with E-state index in [1.165, 1.54) is 10.8 Å². The van der Waals surface area contributed by atoms with E-state index in [0.717, 1.165) is 66.5 Å². The van der Waals surface area contributed by atoms with Gasteiger partial charge in [0.05, 0.1) is 62.7 Å². The van der Waals surface area contributed by atoms with Crippen LogP contribution in [0.4, 0.5) is 0 Å². The van der Waals surface area contributed by atoms with Crippen LogP contribution in [0.5, 0.6) is 0 Å². The van der Waals surface area contributed by atoms with Gasteiger partial charge in [0.2, 0.25) is 0 Å². The van der Waals surface area contributed by atoms with Gasteiger partial charge in [0.1, 0.15) is 0 Å². The Kier molecular flexibility index (Phi) is 6.56. The second-order valence-electron chi connectivity index (χ2n) is 12.4. The Labute approximate surface area is 287 Å². The van der Waals surface area contributed by atoms with E-state index < -0.39 is 0 Å². The molecule has 9 rings (SSSR count). The van der Waals surface area contributed by atoms with Gasteiger partial charge in [-0.25, -0.2) is 0 Å². The van der Waals surface area contributed by atoms with Crippen LogP contribution in [0, 0.1) is 34.0 Å². The number of para-hydroxylation sites is 3. The largest absolute Gasteiger partial charge is 0.309 e. The molecule has 0 aliphatic rings. The number of hydrogen-bond donors (Lipinski definition) is 0. The van der Waals surface area contributed by atoms with Gasteiger partial charge in [-0.2, -0.15) is 15.8 Å². The Bertz CT molecular complexity index is 2920. The van der Waals surface area contributed by atoms with Crippen LogP contribution >= 0.6 is 0 Å². The van der Waals surface area contributed by atoms with Crippen LogP contribution in [-0.2, 0) is 0 Å². The van der Waals surface area contributed by atoms with Crippen LogP contribution in [0.2, 0.25) is 0 Å². The molecule has 0 aliphatic carbocycles. The molecule has 0 radical (unpaired) electrons. The Balaban J connectivity index is 1.24. The average molecular weight is 636 g/mol. The highest BCUT2D eigenvalue weighted by Gasteiger charge is 2.18. The number of fused-ring (bicyclic) bond motifs is 6. The van der Waals surface area contributed by atoms with Crippen LogP contribution in [0.1, 0.15) is 16.7 Å². The highest BCUT2D eigenvalue weighted by molar-refractivity contribution is 6.11. The molecule has 0 fully saturated rings. The van der Waals surface area contributed by atoms with Gasteiger partial charge in [0, 0.05) is 32.8 Å². The highest BCUT2D eigenvalue weighted by Crippen LogP contribution is 2.39. The highest BCUT2D eigenvalue weighted by atomic mass is 15.0. The zero-order valence-electron chi connectivity index (χ0n) is 26.7. The molecule has 0 atom stereocenters. The lowest BCUT2D eigenvalue weighted by atomic mass is 9.95. The van der Waals surface area contributed by atoms with E-state index in [9.17, 15) is 15.8 Å². The molecule has 230 valence electrons. The molecule has 0 unspecified atom stereocenters. The predicted octanol–water partition coefficient (Wildman–Crippen LogP) is 10.8. The molecule has 5 heteroatoms. The summed E-state index contributed by atoms with van der Waals surface area (Å²) in [5.41, 5.74) is 11.6. The maximum atomic E-state index is 10.2. The normalized spacial score (nSPS) is 11.1. The van der Waals surface area contributed by atoms with Crippen molar-refractivity contribution in [2.75, 3.05) is 0 Å². The Hall–Kier alpha value is -7.39. The molecule has 7 aromatic carbocycles. The molecule has 0 N–H and O–H groups in total. The molecule has 2 heterocycles. The number of rotatable bonds is 4. The molecule has 2 aromatic heterocycles. The Morgan fingerprint density at radius 2 is 0.980 bits per heavy atom. The van der Waals surface area contributed by atoms with Gasteiger partial charge >= 0.3 is 0 Å². The topological polar surface area (TPSA) is 81.2 Å². The van der Waals surface area contributed by atoms with Gasteiger partial charge in [-0.15, -0.1) is 0 Å². The van der Waals surface area contributed by atoms with Crippen molar-refractivity contribution in [3.8, 4) is 51.8 Å². The number of nitriles is 3. The Morgan fingerprint density at radius 3 is 1.74 bits per heavy atom. The molecule has 0 amide bonds. The van der Waals surface area contributed by atoms with Crippen LogP contribution in [-0.4, -0.2) is 9.13 Å². The fourth-order valence-corrected chi connectivity index (χ4v) is 7.37. The van der Waals surface area contributed by atoms with E-state index in [1.807, 2.05) is 66.7 Å². The molecule has 0 spiro atoms. The summed E-state index contributed by atoms with van der Waals surface area (Å²) >= 11 is 0. The number of hydrogen-bond acceptors (Lipinski definition) is 3. The lowest BCUT2D eigenvalue weighted by molar-refractivity contribution is 1.18. The minimum Gasteiger partial charge on any atom is -0.309 e. The third kappa shape index (κ3) is 4.45. The summed E-state index contributed by atoms with van der Waals surface area (Å²) < 4.78 is 4.46. The molecule has 0 aliphatic heterocycles. The first-order chi connectivity index (χ1) is 24.6. The number of aromatic nitrogens is 2. The minimum atomic E-state index is 0.562. The van der Waals surface area contributed by atoms with Gasteiger partial charge in [-0.1, -0.05) is 72.8 Å². The summed E-state index contributed by atoms with van der Waals surface area (Å²) in [6.45, 7) is 0. The SMILES string of the molecule is N#Cc1cc(-c2cccc(-n3c4ccc(C#N)cc4c4ccc(C#N)cc43)c2)cc(-c2ccccc2-n2c3ccccc3c3ccccc32)c1. The lowest BCUT2D eigenvalue weighted by Crippen LogP contribution is -1.98. The van der Waals surface area contributed by atoms with Gasteiger partial charge in [-0.3, -0.25) is 0 Å². The molecular formula is C45H25N5. The quantitative estimate of drug-likeness (QED) is 0.193. The van der Waals surface area contributed by atoms with Crippen molar-refractivity contribution < 1.29 is 0 Å². The lowest BCUT2D eigenvalue weighted by Gasteiger charge is -2.16. The molecule has 0 bridgehead atoms. The van der Waals surface area contributed by atoms with Gasteiger partial charge in [0.15, 0.2) is 0 Å². The first kappa shape index (κ1) is 28.8. The summed E-state index contributed by atoms with van der Waals surface area (Å²) in [6, 6.07) is 57.9. The molecule has 5 nitrogen and oxygen atoms in total. The van der Waals surface area contributed by atoms with Crippen LogP contribution in [0.25, 0.3) is 77.2 Å². The monoisotopic (exact) mass is 635 g/mol. The zero-order valence-corrected chi connectivity index (χ0v) is 26.7. The van der Waals surface area contributed by atoms with E-state index >= 15 is 0 Å². The number of benzene rings is 7. The molecule has 50 heavy (non-hydrogen) atoms. The molecule has 0 saturated carbocycles. The van der Waals surface area contributed by atoms with Gasteiger partial charge in [0.25, 0.3) is 0 Å². The van der Waals surface area contributed by atoms with Crippen LogP contribution in [0.15, 0.2) is 152 Å². The second kappa shape index (κ2) is 11.4. The van der Waals surface area contributed by atoms with Crippen molar-refractivity contribution in [3.63, 3.8) is 0 Å². The molecule has 9 aromatic rings. The second-order valence-corrected chi connectivity index (χ2v) is 12.4. The standard InChI is InChI=1S/C45H25N5/c46-26-29-17-19-44-40(22-29)39-18-16-30(27-47)23-45(39)49(44)35-9-7-8-32(25-35)33-20-31(28-48)21-34(24-33)36-10-1-4-13-41(36)50-42-14-5-2-11-37(42)38-12-3-6-15-43(38)50/h1-25H. The van der Waals surface area contributed by atoms with Crippen molar-refractivity contribution >= 4 is 43.6 Å². The summed E-state index contributed by atoms with van der Waals surface area (Å²) in [7, 11) is 0. The fourth-order valence-electron chi connectivity index (χ4n) is 7.37. The van der Waals surface area contributed by atoms with E-state index in [0.29, 0.717) is 16.7 Å². The summed E-state index contributed by atoms with van der Waals surface area (Å²) in [5, 5.41) is 33.9. The van der Waals surface area contributed by atoms with E-state index in [1.54, 1.807) is 0 Å². The van der Waals surface area contributed by atoms with Crippen LogP contribution in [0.3, 0.4) is 0 Å². The van der Waals surface area contributed by atoms with Crippen molar-refractivity contribution in [2.45, 2.75) is 0 Å². The van der Waals surface area contributed by atoms with E-state index in [2.05, 4.69) is 112 Å². The maximum absolute atomic E-state index is 10.2. The summed E-state index contributed by atoms with van der Waals surface area (Å²) in [5.74, 6) is 0. The predicted molar refractivity (Wildman–Crippen MR) is 200 cm³/mol. The van der Waals surface area contributed by atoms with E-state index in [-0.39, 0.29) is 0 Å². The van der Waals surface area contributed by atoms with Crippen molar-refractivity contribution in [3.05, 3.63) is 168 Å². The number of nitrogens with zero attached hydrogens (tertiary/aromatic N) is 5. The third-order valence-electron chi connectivity index (χ3n) is 9.56. The van der Waals surface area contributed by atoms with E-state index in [4.69, 9.17) is 0 Å². The summed E-state index contributed by atoms with van der Waals surface area (Å²) in [6.07, 6.45) is 0. The van der Waals surface area contributed by atoms with Gasteiger partial charge < -0.3 is 9.13 Å². The maximum Gasteiger partial charge on any atom is 0.0992 e. The molecule has 0 saturated heterocycles. The Morgan fingerprint density at radius 1 is 0.360 bits per heavy atom. The van der Waals surface area contributed by atoms with Crippen molar-refractivity contribution in [1.82, 2.24) is 9.13 Å². The fraction of sp³-hybridized carbons (Fsp3) is 0. The molecular weight excluding hydrogens is 611 g/mol. The van der Waals surface area contributed by atoms with Gasteiger partial charge in [-0.05, 0) is 95.6 Å². The first-order valence-corrected chi connectivity index (χ1v) is 16.3. The zero-order chi connectivity index (χ0) is 33.8. The summed E-state index contributed by atoms with van der Waals surface area (Å²) in [4.78, 5) is 0. The first-order valence-electron chi connectivity index (χ1n) is 16.3. The third-order valence-corrected chi connectivity index (χ3v) is 9.56. The average Bonchev–Trinajstić information content (AvgIpc) is 3.69. The van der Waals surface area contributed by atoms with Crippen LogP contribution < -0.4 is 0 Å². The minimum absolute atomic E-state index is 0.562. The van der Waals surface area contributed by atoms with Crippen molar-refractivity contribution in [2.24, 2.45) is 0 Å².